The number of rotatable bonds is 7. The van der Waals surface area contributed by atoms with Gasteiger partial charge in [-0.1, -0.05) is 18.6 Å². The maximum absolute atomic E-state index is 12.8. The van der Waals surface area contributed by atoms with E-state index in [0.717, 1.165) is 19.3 Å². The first-order valence-electron chi connectivity index (χ1n) is 7.50. The van der Waals surface area contributed by atoms with Gasteiger partial charge in [-0.25, -0.2) is 4.39 Å². The van der Waals surface area contributed by atoms with E-state index in [9.17, 15) is 14.3 Å². The van der Waals surface area contributed by atoms with E-state index in [1.807, 2.05) is 6.92 Å². The standard InChI is InChI=1S/C16H23FN2O2/c1-2-19-15(21)16(8-3-9-16)11-18-10-14(20)12-4-6-13(17)7-5-12/h4-7,14,18,20H,2-3,8-11H2,1H3,(H,19,21). The monoisotopic (exact) mass is 294 g/mol. The first-order valence-corrected chi connectivity index (χ1v) is 7.50. The molecule has 1 atom stereocenters. The number of halogens is 1. The average molecular weight is 294 g/mol. The van der Waals surface area contributed by atoms with Crippen molar-refractivity contribution in [2.24, 2.45) is 5.41 Å². The van der Waals surface area contributed by atoms with E-state index in [1.165, 1.54) is 12.1 Å². The summed E-state index contributed by atoms with van der Waals surface area (Å²) >= 11 is 0. The van der Waals surface area contributed by atoms with Crippen molar-refractivity contribution in [2.45, 2.75) is 32.3 Å². The molecule has 0 aromatic heterocycles. The van der Waals surface area contributed by atoms with Crippen LogP contribution in [0.3, 0.4) is 0 Å². The van der Waals surface area contributed by atoms with Gasteiger partial charge in [0.15, 0.2) is 0 Å². The van der Waals surface area contributed by atoms with Crippen LogP contribution in [0.5, 0.6) is 0 Å². The van der Waals surface area contributed by atoms with Crippen LogP contribution in [-0.2, 0) is 4.79 Å². The summed E-state index contributed by atoms with van der Waals surface area (Å²) in [6.45, 7) is 3.47. The van der Waals surface area contributed by atoms with Gasteiger partial charge < -0.3 is 15.7 Å². The third-order valence-corrected chi connectivity index (χ3v) is 4.19. The van der Waals surface area contributed by atoms with E-state index in [0.29, 0.717) is 25.2 Å². The zero-order chi connectivity index (χ0) is 15.3. The van der Waals surface area contributed by atoms with Gasteiger partial charge >= 0.3 is 0 Å². The van der Waals surface area contributed by atoms with Gasteiger partial charge in [0, 0.05) is 19.6 Å². The molecule has 0 heterocycles. The van der Waals surface area contributed by atoms with Crippen molar-refractivity contribution in [3.8, 4) is 0 Å². The Bertz CT molecular complexity index is 472. The molecular formula is C16H23FN2O2. The lowest BCUT2D eigenvalue weighted by Crippen LogP contribution is -2.51. The third kappa shape index (κ3) is 3.80. The van der Waals surface area contributed by atoms with Crippen LogP contribution in [0.25, 0.3) is 0 Å². The largest absolute Gasteiger partial charge is 0.387 e. The van der Waals surface area contributed by atoms with Gasteiger partial charge in [0.25, 0.3) is 0 Å². The second-order valence-electron chi connectivity index (χ2n) is 5.69. The van der Waals surface area contributed by atoms with Gasteiger partial charge in [-0.2, -0.15) is 0 Å². The molecule has 0 bridgehead atoms. The van der Waals surface area contributed by atoms with Gasteiger partial charge in [-0.15, -0.1) is 0 Å². The predicted octanol–water partition coefficient (Wildman–Crippen LogP) is 1.76. The topological polar surface area (TPSA) is 61.4 Å². The Balaban J connectivity index is 1.82. The molecule has 0 saturated heterocycles. The molecule has 0 spiro atoms. The van der Waals surface area contributed by atoms with E-state index in [4.69, 9.17) is 0 Å². The molecule has 1 aliphatic carbocycles. The fourth-order valence-electron chi connectivity index (χ4n) is 2.69. The lowest BCUT2D eigenvalue weighted by molar-refractivity contribution is -0.135. The van der Waals surface area contributed by atoms with Crippen LogP contribution >= 0.6 is 0 Å². The van der Waals surface area contributed by atoms with Crippen LogP contribution in [0, 0.1) is 11.2 Å². The van der Waals surface area contributed by atoms with Gasteiger partial charge in [-0.05, 0) is 37.5 Å². The Hall–Kier alpha value is -1.46. The summed E-state index contributed by atoms with van der Waals surface area (Å²) in [4.78, 5) is 12.1. The number of amides is 1. The highest BCUT2D eigenvalue weighted by molar-refractivity contribution is 5.83. The van der Waals surface area contributed by atoms with Crippen LogP contribution in [0.15, 0.2) is 24.3 Å². The Morgan fingerprint density at radius 2 is 2.05 bits per heavy atom. The lowest BCUT2D eigenvalue weighted by Gasteiger charge is -2.40. The van der Waals surface area contributed by atoms with E-state index in [2.05, 4.69) is 10.6 Å². The number of aliphatic hydroxyl groups is 1. The summed E-state index contributed by atoms with van der Waals surface area (Å²) in [6, 6.07) is 5.82. The molecule has 4 nitrogen and oxygen atoms in total. The smallest absolute Gasteiger partial charge is 0.227 e. The Kier molecular flexibility index (Phi) is 5.31. The number of carbonyl (C=O) groups is 1. The Labute approximate surface area is 124 Å². The maximum Gasteiger partial charge on any atom is 0.227 e. The highest BCUT2D eigenvalue weighted by Gasteiger charge is 2.43. The molecule has 1 fully saturated rings. The molecule has 1 amide bonds. The summed E-state index contributed by atoms with van der Waals surface area (Å²) in [5.74, 6) is -0.219. The van der Waals surface area contributed by atoms with Crippen molar-refractivity contribution < 1.29 is 14.3 Å². The summed E-state index contributed by atoms with van der Waals surface area (Å²) in [5.41, 5.74) is 0.350. The van der Waals surface area contributed by atoms with Crippen molar-refractivity contribution in [3.05, 3.63) is 35.6 Å². The maximum atomic E-state index is 12.8. The number of nitrogens with one attached hydrogen (secondary N) is 2. The molecular weight excluding hydrogens is 271 g/mol. The highest BCUT2D eigenvalue weighted by atomic mass is 19.1. The molecule has 3 N–H and O–H groups in total. The molecule has 116 valence electrons. The van der Waals surface area contributed by atoms with Crippen LogP contribution in [-0.4, -0.2) is 30.6 Å². The number of benzene rings is 1. The first kappa shape index (κ1) is 15.9. The summed E-state index contributed by atoms with van der Waals surface area (Å²) in [6.07, 6.45) is 2.15. The van der Waals surface area contributed by atoms with Crippen LogP contribution in [0.4, 0.5) is 4.39 Å². The van der Waals surface area contributed by atoms with Gasteiger partial charge in [0.2, 0.25) is 5.91 Å². The minimum atomic E-state index is -0.697. The van der Waals surface area contributed by atoms with Crippen molar-refractivity contribution in [1.82, 2.24) is 10.6 Å². The Morgan fingerprint density at radius 3 is 2.57 bits per heavy atom. The number of carbonyl (C=O) groups excluding carboxylic acids is 1. The highest BCUT2D eigenvalue weighted by Crippen LogP contribution is 2.40. The normalized spacial score (nSPS) is 17.9. The molecule has 1 saturated carbocycles. The van der Waals surface area contributed by atoms with Gasteiger partial charge in [0.05, 0.1) is 11.5 Å². The fraction of sp³-hybridized carbons (Fsp3) is 0.562. The number of aliphatic hydroxyl groups excluding tert-OH is 1. The summed E-state index contributed by atoms with van der Waals surface area (Å²) in [7, 11) is 0. The first-order chi connectivity index (χ1) is 10.1. The van der Waals surface area contributed by atoms with Gasteiger partial charge in [0.1, 0.15) is 5.82 Å². The molecule has 21 heavy (non-hydrogen) atoms. The number of hydrogen-bond acceptors (Lipinski definition) is 3. The quantitative estimate of drug-likeness (QED) is 0.718. The van der Waals surface area contributed by atoms with Crippen molar-refractivity contribution in [1.29, 1.82) is 0 Å². The zero-order valence-electron chi connectivity index (χ0n) is 12.4. The van der Waals surface area contributed by atoms with Crippen LogP contribution < -0.4 is 10.6 Å². The minimum Gasteiger partial charge on any atom is -0.387 e. The Morgan fingerprint density at radius 1 is 1.38 bits per heavy atom. The van der Waals surface area contributed by atoms with Crippen LogP contribution in [0.1, 0.15) is 37.9 Å². The van der Waals surface area contributed by atoms with E-state index in [1.54, 1.807) is 12.1 Å². The predicted molar refractivity (Wildman–Crippen MR) is 79.2 cm³/mol. The molecule has 1 aromatic rings. The zero-order valence-corrected chi connectivity index (χ0v) is 12.4. The number of hydrogen-bond donors (Lipinski definition) is 3. The van der Waals surface area contributed by atoms with Crippen LogP contribution in [0.2, 0.25) is 0 Å². The molecule has 5 heteroatoms. The second kappa shape index (κ2) is 7.00. The van der Waals surface area contributed by atoms with E-state index in [-0.39, 0.29) is 17.1 Å². The summed E-state index contributed by atoms with van der Waals surface area (Å²) < 4.78 is 12.8. The van der Waals surface area contributed by atoms with Crippen molar-refractivity contribution in [2.75, 3.05) is 19.6 Å². The molecule has 2 rings (SSSR count). The average Bonchev–Trinajstić information content (AvgIpc) is 2.42. The molecule has 1 aliphatic rings. The molecule has 1 unspecified atom stereocenters. The minimum absolute atomic E-state index is 0.0972. The molecule has 0 aliphatic heterocycles. The molecule has 1 aromatic carbocycles. The molecule has 0 radical (unpaired) electrons. The van der Waals surface area contributed by atoms with E-state index < -0.39 is 6.10 Å². The van der Waals surface area contributed by atoms with Gasteiger partial charge in [-0.3, -0.25) is 4.79 Å². The van der Waals surface area contributed by atoms with Crippen molar-refractivity contribution in [3.63, 3.8) is 0 Å². The van der Waals surface area contributed by atoms with E-state index >= 15 is 0 Å². The SMILES string of the molecule is CCNC(=O)C1(CNCC(O)c2ccc(F)cc2)CCC1. The fourth-order valence-corrected chi connectivity index (χ4v) is 2.69. The third-order valence-electron chi connectivity index (χ3n) is 4.19. The second-order valence-corrected chi connectivity index (χ2v) is 5.69. The lowest BCUT2D eigenvalue weighted by atomic mass is 9.68. The summed E-state index contributed by atoms with van der Waals surface area (Å²) in [5, 5.41) is 16.1. The van der Waals surface area contributed by atoms with Crippen molar-refractivity contribution >= 4 is 5.91 Å².